The second-order valence-corrected chi connectivity index (χ2v) is 6.20. The van der Waals surface area contributed by atoms with Crippen molar-refractivity contribution in [3.63, 3.8) is 0 Å². The molecule has 1 aromatic rings. The van der Waals surface area contributed by atoms with Crippen molar-refractivity contribution in [3.8, 4) is 0 Å². The maximum Gasteiger partial charge on any atom is 0.0499 e. The van der Waals surface area contributed by atoms with Crippen molar-refractivity contribution >= 4 is 11.6 Å². The molecule has 1 fully saturated rings. The largest absolute Gasteiger partial charge is 0.396 e. The molecule has 3 atom stereocenters. The molecule has 0 aromatic heterocycles. The molecular weight excluding hydrogens is 272 g/mol. The third-order valence-corrected chi connectivity index (χ3v) is 4.42. The van der Waals surface area contributed by atoms with Crippen molar-refractivity contribution in [2.75, 3.05) is 13.2 Å². The Morgan fingerprint density at radius 2 is 2.25 bits per heavy atom. The molecule has 0 radical (unpaired) electrons. The first-order valence-electron chi connectivity index (χ1n) is 7.51. The van der Waals surface area contributed by atoms with Crippen molar-refractivity contribution < 1.29 is 5.11 Å². The van der Waals surface area contributed by atoms with E-state index >= 15 is 0 Å². The molecule has 1 heterocycles. The van der Waals surface area contributed by atoms with Gasteiger partial charge in [0.2, 0.25) is 0 Å². The fraction of sp³-hybridized carbons (Fsp3) is 0.625. The molecule has 2 rings (SSSR count). The molecule has 112 valence electrons. The van der Waals surface area contributed by atoms with Crippen molar-refractivity contribution in [1.29, 1.82) is 0 Å². The van der Waals surface area contributed by atoms with Gasteiger partial charge in [-0.25, -0.2) is 0 Å². The third kappa shape index (κ3) is 3.73. The minimum Gasteiger partial charge on any atom is -0.396 e. The third-order valence-electron chi connectivity index (χ3n) is 4.18. The highest BCUT2D eigenvalue weighted by Crippen LogP contribution is 2.32. The Morgan fingerprint density at radius 1 is 1.45 bits per heavy atom. The van der Waals surface area contributed by atoms with Crippen LogP contribution < -0.4 is 5.73 Å². The summed E-state index contributed by atoms with van der Waals surface area (Å²) in [6.07, 6.45) is 4.40. The van der Waals surface area contributed by atoms with Crippen molar-refractivity contribution in [2.24, 2.45) is 5.73 Å². The molecule has 3 nitrogen and oxygen atoms in total. The van der Waals surface area contributed by atoms with Crippen LogP contribution in [0.1, 0.15) is 44.2 Å². The molecule has 1 aliphatic heterocycles. The second kappa shape index (κ2) is 7.41. The van der Waals surface area contributed by atoms with Crippen LogP contribution in [0.4, 0.5) is 0 Å². The number of aliphatic hydroxyl groups is 1. The van der Waals surface area contributed by atoms with Crippen LogP contribution in [0, 0.1) is 0 Å². The average molecular weight is 297 g/mol. The Bertz CT molecular complexity index is 423. The van der Waals surface area contributed by atoms with Gasteiger partial charge in [-0.2, -0.15) is 0 Å². The molecule has 1 aromatic carbocycles. The Labute approximate surface area is 126 Å². The van der Waals surface area contributed by atoms with Crippen molar-refractivity contribution in [1.82, 2.24) is 4.90 Å². The van der Waals surface area contributed by atoms with Gasteiger partial charge in [0.05, 0.1) is 0 Å². The quantitative estimate of drug-likeness (QED) is 0.878. The summed E-state index contributed by atoms with van der Waals surface area (Å²) in [5, 5.41) is 10.0. The molecule has 0 spiro atoms. The fourth-order valence-corrected chi connectivity index (χ4v) is 3.53. The van der Waals surface area contributed by atoms with E-state index in [0.717, 1.165) is 24.4 Å². The number of nitrogens with zero attached hydrogens (tertiary/aromatic N) is 1. The molecule has 1 saturated heterocycles. The van der Waals surface area contributed by atoms with Crippen LogP contribution in [0.15, 0.2) is 24.3 Å². The monoisotopic (exact) mass is 296 g/mol. The van der Waals surface area contributed by atoms with Crippen LogP contribution in [0.3, 0.4) is 0 Å². The molecule has 0 aliphatic carbocycles. The number of hydrogen-bond acceptors (Lipinski definition) is 3. The van der Waals surface area contributed by atoms with Gasteiger partial charge in [-0.3, -0.25) is 4.90 Å². The summed E-state index contributed by atoms with van der Waals surface area (Å²) in [6.45, 7) is 3.34. The summed E-state index contributed by atoms with van der Waals surface area (Å²) >= 11 is 6.13. The lowest BCUT2D eigenvalue weighted by atomic mass is 9.91. The standard InChI is InChI=1S/C16H25ClN2O/c1-12(18)16(13-5-4-6-14(17)11-13)19-9-3-2-7-15(19)8-10-20/h4-6,11-12,15-16,20H,2-3,7-10,18H2,1H3. The zero-order valence-electron chi connectivity index (χ0n) is 12.1. The van der Waals surface area contributed by atoms with Gasteiger partial charge in [0.25, 0.3) is 0 Å². The molecule has 3 N–H and O–H groups in total. The summed E-state index contributed by atoms with van der Waals surface area (Å²) in [7, 11) is 0. The highest BCUT2D eigenvalue weighted by atomic mass is 35.5. The maximum absolute atomic E-state index is 9.29. The highest BCUT2D eigenvalue weighted by Gasteiger charge is 2.31. The van der Waals surface area contributed by atoms with Crippen LogP contribution in [0.25, 0.3) is 0 Å². The van der Waals surface area contributed by atoms with Gasteiger partial charge in [0, 0.05) is 29.8 Å². The molecule has 0 saturated carbocycles. The first-order chi connectivity index (χ1) is 9.63. The van der Waals surface area contributed by atoms with Gasteiger partial charge in [0.1, 0.15) is 0 Å². The SMILES string of the molecule is CC(N)C(c1cccc(Cl)c1)N1CCCCC1CCO. The fourth-order valence-electron chi connectivity index (χ4n) is 3.34. The number of likely N-dealkylation sites (tertiary alicyclic amines) is 1. The van der Waals surface area contributed by atoms with E-state index < -0.39 is 0 Å². The number of aliphatic hydroxyl groups excluding tert-OH is 1. The number of halogens is 1. The molecule has 3 unspecified atom stereocenters. The van der Waals surface area contributed by atoms with E-state index in [1.54, 1.807) is 0 Å². The van der Waals surface area contributed by atoms with Gasteiger partial charge in [0.15, 0.2) is 0 Å². The molecule has 20 heavy (non-hydrogen) atoms. The first-order valence-corrected chi connectivity index (χ1v) is 7.89. The van der Waals surface area contributed by atoms with Gasteiger partial charge < -0.3 is 10.8 Å². The van der Waals surface area contributed by atoms with Crippen LogP contribution in [-0.4, -0.2) is 35.2 Å². The normalized spacial score (nSPS) is 23.5. The molecule has 4 heteroatoms. The van der Waals surface area contributed by atoms with Crippen LogP contribution >= 0.6 is 11.6 Å². The summed E-state index contributed by atoms with van der Waals surface area (Å²) < 4.78 is 0. The molecule has 0 bridgehead atoms. The Morgan fingerprint density at radius 3 is 2.90 bits per heavy atom. The lowest BCUT2D eigenvalue weighted by Crippen LogP contribution is -2.48. The van der Waals surface area contributed by atoms with Gasteiger partial charge >= 0.3 is 0 Å². The van der Waals surface area contributed by atoms with E-state index in [1.165, 1.54) is 18.4 Å². The number of piperidine rings is 1. The van der Waals surface area contributed by atoms with Crippen molar-refractivity contribution in [3.05, 3.63) is 34.9 Å². The van der Waals surface area contributed by atoms with Crippen molar-refractivity contribution in [2.45, 2.75) is 50.7 Å². The zero-order valence-corrected chi connectivity index (χ0v) is 12.9. The van der Waals surface area contributed by atoms with Crippen LogP contribution in [0.5, 0.6) is 0 Å². The molecular formula is C16H25ClN2O. The van der Waals surface area contributed by atoms with E-state index in [1.807, 2.05) is 18.2 Å². The molecule has 0 amide bonds. The Hall–Kier alpha value is -0.610. The minimum absolute atomic E-state index is 0.0350. The van der Waals surface area contributed by atoms with E-state index in [2.05, 4.69) is 17.9 Å². The van der Waals surface area contributed by atoms with E-state index in [0.29, 0.717) is 6.04 Å². The predicted molar refractivity (Wildman–Crippen MR) is 83.9 cm³/mol. The lowest BCUT2D eigenvalue weighted by Gasteiger charge is -2.43. The summed E-state index contributed by atoms with van der Waals surface area (Å²) in [5.74, 6) is 0. The van der Waals surface area contributed by atoms with E-state index in [4.69, 9.17) is 17.3 Å². The topological polar surface area (TPSA) is 49.5 Å². The van der Waals surface area contributed by atoms with Gasteiger partial charge in [-0.15, -0.1) is 0 Å². The van der Waals surface area contributed by atoms with Gasteiger partial charge in [-0.1, -0.05) is 30.2 Å². The Kier molecular flexibility index (Phi) is 5.85. The highest BCUT2D eigenvalue weighted by molar-refractivity contribution is 6.30. The minimum atomic E-state index is 0.0350. The first kappa shape index (κ1) is 15.8. The van der Waals surface area contributed by atoms with Crippen LogP contribution in [-0.2, 0) is 0 Å². The van der Waals surface area contributed by atoms with Crippen LogP contribution in [0.2, 0.25) is 5.02 Å². The summed E-state index contributed by atoms with van der Waals surface area (Å²) in [4.78, 5) is 2.47. The number of benzene rings is 1. The number of rotatable bonds is 5. The smallest absolute Gasteiger partial charge is 0.0499 e. The Balaban J connectivity index is 2.26. The van der Waals surface area contributed by atoms with E-state index in [9.17, 15) is 5.11 Å². The second-order valence-electron chi connectivity index (χ2n) is 5.76. The predicted octanol–water partition coefficient (Wildman–Crippen LogP) is 2.97. The molecule has 1 aliphatic rings. The summed E-state index contributed by atoms with van der Waals surface area (Å²) in [5.41, 5.74) is 7.44. The van der Waals surface area contributed by atoms with E-state index in [-0.39, 0.29) is 18.7 Å². The number of hydrogen-bond donors (Lipinski definition) is 2. The number of nitrogens with two attached hydrogens (primary N) is 1. The maximum atomic E-state index is 9.29. The van der Waals surface area contributed by atoms with Gasteiger partial charge in [-0.05, 0) is 50.4 Å². The lowest BCUT2D eigenvalue weighted by molar-refractivity contribution is 0.0653. The average Bonchev–Trinajstić information content (AvgIpc) is 2.41. The zero-order chi connectivity index (χ0) is 14.5. The summed E-state index contributed by atoms with van der Waals surface area (Å²) in [6, 6.07) is 8.62.